The second-order valence-corrected chi connectivity index (χ2v) is 4.78. The Hall–Kier alpha value is -2.53. The highest BCUT2D eigenvalue weighted by Gasteiger charge is 2.03. The number of carbonyl (C=O) groups is 1. The molecular formula is C16H15ClN2O3. The lowest BCUT2D eigenvalue weighted by Gasteiger charge is -2.06. The minimum absolute atomic E-state index is 0.179. The van der Waals surface area contributed by atoms with Crippen LogP contribution in [0.4, 0.5) is 5.69 Å². The van der Waals surface area contributed by atoms with E-state index < -0.39 is 0 Å². The zero-order valence-corrected chi connectivity index (χ0v) is 12.7. The fourth-order valence-corrected chi connectivity index (χ4v) is 1.77. The lowest BCUT2D eigenvalue weighted by Crippen LogP contribution is -2.16. The number of carbonyl (C=O) groups excluding carboxylic acids is 1. The van der Waals surface area contributed by atoms with E-state index in [1.165, 1.54) is 6.21 Å². The molecule has 1 N–H and O–H groups in total. The molecule has 0 bridgehead atoms. The molecule has 0 saturated carbocycles. The van der Waals surface area contributed by atoms with Gasteiger partial charge in [0.1, 0.15) is 5.75 Å². The maximum absolute atomic E-state index is 11.7. The molecular weight excluding hydrogens is 304 g/mol. The van der Waals surface area contributed by atoms with Crippen molar-refractivity contribution >= 4 is 29.4 Å². The van der Waals surface area contributed by atoms with Crippen molar-refractivity contribution in [3.63, 3.8) is 0 Å². The van der Waals surface area contributed by atoms with Crippen LogP contribution in [0.15, 0.2) is 53.7 Å². The smallest absolute Gasteiger partial charge is 0.265 e. The van der Waals surface area contributed by atoms with Crippen molar-refractivity contribution in [2.45, 2.75) is 0 Å². The van der Waals surface area contributed by atoms with Crippen LogP contribution in [0.2, 0.25) is 5.02 Å². The Labute approximate surface area is 133 Å². The molecule has 6 heteroatoms. The molecule has 2 aromatic rings. The number of hydrogen-bond acceptors (Lipinski definition) is 4. The molecule has 0 spiro atoms. The Balaban J connectivity index is 1.78. The van der Waals surface area contributed by atoms with Crippen LogP contribution in [0.1, 0.15) is 5.56 Å². The van der Waals surface area contributed by atoms with Crippen molar-refractivity contribution in [3.8, 4) is 5.75 Å². The normalized spacial score (nSPS) is 10.5. The highest BCUT2D eigenvalue weighted by atomic mass is 35.5. The first-order valence-corrected chi connectivity index (χ1v) is 6.90. The molecule has 0 saturated heterocycles. The van der Waals surface area contributed by atoms with Gasteiger partial charge in [-0.05, 0) is 29.8 Å². The van der Waals surface area contributed by atoms with Gasteiger partial charge in [-0.25, -0.2) is 0 Å². The largest absolute Gasteiger partial charge is 0.497 e. The van der Waals surface area contributed by atoms with Crippen molar-refractivity contribution in [2.75, 3.05) is 19.0 Å². The molecule has 0 unspecified atom stereocenters. The summed E-state index contributed by atoms with van der Waals surface area (Å²) in [4.78, 5) is 16.7. The zero-order chi connectivity index (χ0) is 15.8. The van der Waals surface area contributed by atoms with Gasteiger partial charge in [0.2, 0.25) is 0 Å². The van der Waals surface area contributed by atoms with E-state index in [4.69, 9.17) is 21.2 Å². The number of amides is 1. The molecule has 2 aromatic carbocycles. The number of nitrogens with zero attached hydrogens (tertiary/aromatic N) is 1. The van der Waals surface area contributed by atoms with Crippen LogP contribution in [0.5, 0.6) is 5.75 Å². The predicted octanol–water partition coefficient (Wildman–Crippen LogP) is 3.34. The SMILES string of the molecule is COc1cccc(NC(=O)CO/N=C/c2ccc(Cl)cc2)c1. The molecule has 0 aromatic heterocycles. The first-order chi connectivity index (χ1) is 10.7. The van der Waals surface area contributed by atoms with E-state index in [1.54, 1.807) is 55.6 Å². The van der Waals surface area contributed by atoms with E-state index >= 15 is 0 Å². The Morgan fingerprint density at radius 1 is 1.27 bits per heavy atom. The number of hydrogen-bond donors (Lipinski definition) is 1. The third kappa shape index (κ3) is 5.10. The fourth-order valence-electron chi connectivity index (χ4n) is 1.64. The summed E-state index contributed by atoms with van der Waals surface area (Å²) in [5.74, 6) is 0.362. The van der Waals surface area contributed by atoms with Crippen LogP contribution in [0.25, 0.3) is 0 Å². The average Bonchev–Trinajstić information content (AvgIpc) is 2.53. The summed E-state index contributed by atoms with van der Waals surface area (Å²) in [7, 11) is 1.57. The summed E-state index contributed by atoms with van der Waals surface area (Å²) in [6, 6.07) is 14.1. The molecule has 114 valence electrons. The molecule has 0 aliphatic heterocycles. The number of anilines is 1. The van der Waals surface area contributed by atoms with E-state index in [2.05, 4.69) is 10.5 Å². The molecule has 0 fully saturated rings. The second-order valence-electron chi connectivity index (χ2n) is 4.34. The summed E-state index contributed by atoms with van der Waals surface area (Å²) in [6.07, 6.45) is 1.51. The maximum atomic E-state index is 11.7. The molecule has 0 aliphatic carbocycles. The van der Waals surface area contributed by atoms with E-state index in [9.17, 15) is 4.79 Å². The Morgan fingerprint density at radius 3 is 2.77 bits per heavy atom. The number of oxime groups is 1. The summed E-state index contributed by atoms with van der Waals surface area (Å²) < 4.78 is 5.08. The molecule has 0 radical (unpaired) electrons. The summed E-state index contributed by atoms with van der Waals surface area (Å²) in [6.45, 7) is -0.179. The van der Waals surface area contributed by atoms with Crippen LogP contribution in [0, 0.1) is 0 Å². The first-order valence-electron chi connectivity index (χ1n) is 6.52. The van der Waals surface area contributed by atoms with E-state index in [-0.39, 0.29) is 12.5 Å². The highest BCUT2D eigenvalue weighted by Crippen LogP contribution is 2.16. The van der Waals surface area contributed by atoms with E-state index in [1.807, 2.05) is 0 Å². The Morgan fingerprint density at radius 2 is 2.05 bits per heavy atom. The molecule has 5 nitrogen and oxygen atoms in total. The monoisotopic (exact) mass is 318 g/mol. The van der Waals surface area contributed by atoms with Gasteiger partial charge >= 0.3 is 0 Å². The molecule has 0 aliphatic rings. The second kappa shape index (κ2) is 8.05. The quantitative estimate of drug-likeness (QED) is 0.656. The Bertz CT molecular complexity index is 657. The third-order valence-electron chi connectivity index (χ3n) is 2.70. The maximum Gasteiger partial charge on any atom is 0.265 e. The molecule has 1 amide bonds. The zero-order valence-electron chi connectivity index (χ0n) is 12.0. The average molecular weight is 319 g/mol. The van der Waals surface area contributed by atoms with Crippen molar-refractivity contribution < 1.29 is 14.4 Å². The fraction of sp³-hybridized carbons (Fsp3) is 0.125. The third-order valence-corrected chi connectivity index (χ3v) is 2.95. The lowest BCUT2D eigenvalue weighted by atomic mass is 10.2. The Kier molecular flexibility index (Phi) is 5.80. The molecule has 0 heterocycles. The van der Waals surface area contributed by atoms with Crippen molar-refractivity contribution in [1.29, 1.82) is 0 Å². The molecule has 0 atom stereocenters. The van der Waals surface area contributed by atoms with Crippen molar-refractivity contribution in [3.05, 3.63) is 59.1 Å². The summed E-state index contributed by atoms with van der Waals surface area (Å²) >= 11 is 5.78. The van der Waals surface area contributed by atoms with Gasteiger partial charge in [-0.1, -0.05) is 35.0 Å². The number of methoxy groups -OCH3 is 1. The molecule has 22 heavy (non-hydrogen) atoms. The number of rotatable bonds is 6. The highest BCUT2D eigenvalue weighted by molar-refractivity contribution is 6.30. The van der Waals surface area contributed by atoms with E-state index in [0.29, 0.717) is 16.5 Å². The van der Waals surface area contributed by atoms with Crippen LogP contribution in [-0.2, 0) is 9.63 Å². The van der Waals surface area contributed by atoms with Gasteiger partial charge in [-0.2, -0.15) is 0 Å². The molecule has 2 rings (SSSR count). The van der Waals surface area contributed by atoms with Crippen LogP contribution in [0.3, 0.4) is 0 Å². The van der Waals surface area contributed by atoms with Gasteiger partial charge in [-0.3, -0.25) is 4.79 Å². The van der Waals surface area contributed by atoms with Crippen molar-refractivity contribution in [1.82, 2.24) is 0 Å². The van der Waals surface area contributed by atoms with Gasteiger partial charge in [0.15, 0.2) is 6.61 Å². The minimum Gasteiger partial charge on any atom is -0.497 e. The van der Waals surface area contributed by atoms with Crippen molar-refractivity contribution in [2.24, 2.45) is 5.16 Å². The van der Waals surface area contributed by atoms with Gasteiger partial charge in [0.25, 0.3) is 5.91 Å². The number of benzene rings is 2. The summed E-state index contributed by atoms with van der Waals surface area (Å²) in [5, 5.41) is 7.07. The standard InChI is InChI=1S/C16H15ClN2O3/c1-21-15-4-2-3-14(9-15)19-16(20)11-22-18-10-12-5-7-13(17)8-6-12/h2-10H,11H2,1H3,(H,19,20)/b18-10+. The number of ether oxygens (including phenoxy) is 1. The topological polar surface area (TPSA) is 59.9 Å². The van der Waals surface area contributed by atoms with Gasteiger partial charge in [-0.15, -0.1) is 0 Å². The minimum atomic E-state index is -0.304. The predicted molar refractivity (Wildman–Crippen MR) is 86.6 cm³/mol. The van der Waals surface area contributed by atoms with Crippen LogP contribution >= 0.6 is 11.6 Å². The van der Waals surface area contributed by atoms with Crippen LogP contribution in [-0.4, -0.2) is 25.8 Å². The van der Waals surface area contributed by atoms with Gasteiger partial charge in [0, 0.05) is 16.8 Å². The van der Waals surface area contributed by atoms with Gasteiger partial charge < -0.3 is 14.9 Å². The van der Waals surface area contributed by atoms with Crippen LogP contribution < -0.4 is 10.1 Å². The first kappa shape index (κ1) is 15.9. The summed E-state index contributed by atoms with van der Waals surface area (Å²) in [5.41, 5.74) is 1.47. The van der Waals surface area contributed by atoms with E-state index in [0.717, 1.165) is 5.56 Å². The lowest BCUT2D eigenvalue weighted by molar-refractivity contribution is -0.120. The van der Waals surface area contributed by atoms with Gasteiger partial charge in [0.05, 0.1) is 13.3 Å². The number of halogens is 1. The number of nitrogens with one attached hydrogen (secondary N) is 1.